The lowest BCUT2D eigenvalue weighted by Crippen LogP contribution is -2.49. The Kier molecular flexibility index (Phi) is 5.56. The first-order valence-corrected chi connectivity index (χ1v) is 11.0. The minimum Gasteiger partial charge on any atom is -0.494 e. The van der Waals surface area contributed by atoms with Crippen molar-refractivity contribution in [2.24, 2.45) is 0 Å². The van der Waals surface area contributed by atoms with E-state index in [-0.39, 0.29) is 0 Å². The number of ether oxygens (including phenoxy) is 1. The molecule has 3 aromatic rings. The van der Waals surface area contributed by atoms with Gasteiger partial charge in [0.05, 0.1) is 13.3 Å². The van der Waals surface area contributed by atoms with Crippen LogP contribution in [0, 0.1) is 0 Å². The number of hydrogen-bond acceptors (Lipinski definition) is 4. The molecule has 2 aliphatic heterocycles. The average molecular weight is 403 g/mol. The minimum absolute atomic E-state index is 0.649. The zero-order valence-corrected chi connectivity index (χ0v) is 17.7. The molecule has 5 heteroatoms. The fourth-order valence-electron chi connectivity index (χ4n) is 4.95. The Balaban J connectivity index is 1.24. The molecular weight excluding hydrogens is 372 g/mol. The highest BCUT2D eigenvalue weighted by Gasteiger charge is 2.28. The Hall–Kier alpha value is -2.63. The van der Waals surface area contributed by atoms with Crippen molar-refractivity contribution >= 4 is 0 Å². The molecule has 5 rings (SSSR count). The Morgan fingerprint density at radius 2 is 1.87 bits per heavy atom. The quantitative estimate of drug-likeness (QED) is 0.648. The third kappa shape index (κ3) is 4.00. The summed E-state index contributed by atoms with van der Waals surface area (Å²) in [4.78, 5) is 5.30. The highest BCUT2D eigenvalue weighted by atomic mass is 16.5. The summed E-state index contributed by atoms with van der Waals surface area (Å²) in [5.74, 6) is 0.843. The van der Waals surface area contributed by atoms with Gasteiger partial charge in [-0.2, -0.15) is 5.10 Å². The molecular formula is C25H30N4O. The van der Waals surface area contributed by atoms with Crippen LogP contribution in [0.15, 0.2) is 60.9 Å². The molecule has 2 aliphatic rings. The molecule has 1 fully saturated rings. The second kappa shape index (κ2) is 8.62. The van der Waals surface area contributed by atoms with E-state index in [9.17, 15) is 0 Å². The van der Waals surface area contributed by atoms with Crippen LogP contribution >= 0.6 is 0 Å². The van der Waals surface area contributed by atoms with Gasteiger partial charge >= 0.3 is 0 Å². The van der Waals surface area contributed by atoms with Crippen molar-refractivity contribution in [3.63, 3.8) is 0 Å². The number of fused-ring (bicyclic) bond motifs is 1. The van der Waals surface area contributed by atoms with Crippen molar-refractivity contribution in [2.75, 3.05) is 26.7 Å². The van der Waals surface area contributed by atoms with Crippen LogP contribution in [-0.4, -0.2) is 52.4 Å². The van der Waals surface area contributed by atoms with E-state index in [4.69, 9.17) is 4.74 Å². The predicted molar refractivity (Wildman–Crippen MR) is 119 cm³/mol. The standard InChI is InChI=1S/C25H30N4O/c1-30-25-11-5-4-10-24(25)29-17-20(15-26-29)16-27-13-6-9-23(19-27)28-14-12-21-7-2-3-8-22(21)18-28/h2-5,7-8,10-11,15,17,23H,6,9,12-14,16,18-19H2,1H3. The maximum absolute atomic E-state index is 5.49. The number of rotatable bonds is 5. The van der Waals surface area contributed by atoms with Crippen molar-refractivity contribution in [3.05, 3.63) is 77.6 Å². The van der Waals surface area contributed by atoms with Crippen LogP contribution in [0.3, 0.4) is 0 Å². The van der Waals surface area contributed by atoms with E-state index in [0.717, 1.165) is 31.1 Å². The van der Waals surface area contributed by atoms with Crippen LogP contribution in [0.2, 0.25) is 0 Å². The van der Waals surface area contributed by atoms with Gasteiger partial charge in [-0.3, -0.25) is 9.80 Å². The van der Waals surface area contributed by atoms with Crippen LogP contribution in [0.25, 0.3) is 5.69 Å². The van der Waals surface area contributed by atoms with Crippen molar-refractivity contribution in [1.82, 2.24) is 19.6 Å². The topological polar surface area (TPSA) is 33.5 Å². The largest absolute Gasteiger partial charge is 0.494 e. The van der Waals surface area contributed by atoms with Gasteiger partial charge in [-0.25, -0.2) is 4.68 Å². The smallest absolute Gasteiger partial charge is 0.144 e. The lowest BCUT2D eigenvalue weighted by Gasteiger charge is -2.41. The summed E-state index contributed by atoms with van der Waals surface area (Å²) >= 11 is 0. The second-order valence-electron chi connectivity index (χ2n) is 8.49. The molecule has 0 N–H and O–H groups in total. The Morgan fingerprint density at radius 1 is 1.03 bits per heavy atom. The molecule has 156 valence electrons. The normalized spacial score (nSPS) is 20.1. The van der Waals surface area contributed by atoms with Crippen LogP contribution in [-0.2, 0) is 19.5 Å². The summed E-state index contributed by atoms with van der Waals surface area (Å²) in [6.07, 6.45) is 7.88. The van der Waals surface area contributed by atoms with E-state index in [0.29, 0.717) is 6.04 Å². The maximum Gasteiger partial charge on any atom is 0.144 e. The number of piperidine rings is 1. The third-order valence-electron chi connectivity index (χ3n) is 6.53. The van der Waals surface area contributed by atoms with Crippen molar-refractivity contribution in [3.8, 4) is 11.4 Å². The fourth-order valence-corrected chi connectivity index (χ4v) is 4.95. The van der Waals surface area contributed by atoms with Crippen molar-refractivity contribution in [2.45, 2.75) is 38.4 Å². The number of aromatic nitrogens is 2. The Morgan fingerprint density at radius 3 is 2.77 bits per heavy atom. The van der Waals surface area contributed by atoms with Gasteiger partial charge < -0.3 is 4.74 Å². The summed E-state index contributed by atoms with van der Waals surface area (Å²) in [7, 11) is 1.70. The lowest BCUT2D eigenvalue weighted by atomic mass is 9.96. The lowest BCUT2D eigenvalue weighted by molar-refractivity contribution is 0.0838. The molecule has 0 saturated carbocycles. The van der Waals surface area contributed by atoms with Crippen LogP contribution < -0.4 is 4.74 Å². The summed E-state index contributed by atoms with van der Waals surface area (Å²) < 4.78 is 7.42. The highest BCUT2D eigenvalue weighted by molar-refractivity contribution is 5.46. The first kappa shape index (κ1) is 19.3. The van der Waals surface area contributed by atoms with Gasteiger partial charge in [-0.1, -0.05) is 36.4 Å². The molecule has 1 atom stereocenters. The molecule has 2 aromatic carbocycles. The van der Waals surface area contributed by atoms with Crippen LogP contribution in [0.4, 0.5) is 0 Å². The molecule has 30 heavy (non-hydrogen) atoms. The molecule has 5 nitrogen and oxygen atoms in total. The molecule has 1 saturated heterocycles. The molecule has 0 amide bonds. The average Bonchev–Trinajstić information content (AvgIpc) is 3.27. The molecule has 0 radical (unpaired) electrons. The maximum atomic E-state index is 5.49. The van der Waals surface area contributed by atoms with E-state index in [2.05, 4.69) is 45.4 Å². The number of hydrogen-bond donors (Lipinski definition) is 0. The summed E-state index contributed by atoms with van der Waals surface area (Å²) in [5, 5.41) is 4.59. The second-order valence-corrected chi connectivity index (χ2v) is 8.49. The van der Waals surface area contributed by atoms with Crippen LogP contribution in [0.5, 0.6) is 5.75 Å². The third-order valence-corrected chi connectivity index (χ3v) is 6.53. The highest BCUT2D eigenvalue weighted by Crippen LogP contribution is 2.26. The molecule has 1 unspecified atom stereocenters. The van der Waals surface area contributed by atoms with Gasteiger partial charge in [0, 0.05) is 44.0 Å². The Labute approximate surface area is 178 Å². The van der Waals surface area contributed by atoms with E-state index in [1.54, 1.807) is 7.11 Å². The predicted octanol–water partition coefficient (Wildman–Crippen LogP) is 3.90. The van der Waals surface area contributed by atoms with Gasteiger partial charge in [0.2, 0.25) is 0 Å². The summed E-state index contributed by atoms with van der Waals surface area (Å²) in [6.45, 7) is 5.54. The monoisotopic (exact) mass is 402 g/mol. The molecule has 0 spiro atoms. The first-order valence-electron chi connectivity index (χ1n) is 11.0. The van der Waals surface area contributed by atoms with E-state index < -0.39 is 0 Å². The summed E-state index contributed by atoms with van der Waals surface area (Å²) in [5.41, 5.74) is 5.28. The number of para-hydroxylation sites is 2. The first-order chi connectivity index (χ1) is 14.8. The molecule has 0 bridgehead atoms. The number of benzene rings is 2. The minimum atomic E-state index is 0.649. The Bertz CT molecular complexity index is 998. The van der Waals surface area contributed by atoms with E-state index in [1.807, 2.05) is 35.1 Å². The fraction of sp³-hybridized carbons (Fsp3) is 0.400. The van der Waals surface area contributed by atoms with E-state index >= 15 is 0 Å². The van der Waals surface area contributed by atoms with Crippen molar-refractivity contribution < 1.29 is 4.74 Å². The zero-order valence-electron chi connectivity index (χ0n) is 17.7. The van der Waals surface area contributed by atoms with Gasteiger partial charge in [0.15, 0.2) is 0 Å². The number of nitrogens with zero attached hydrogens (tertiary/aromatic N) is 4. The molecule has 3 heterocycles. The van der Waals surface area contributed by atoms with Gasteiger partial charge in [0.25, 0.3) is 0 Å². The zero-order chi connectivity index (χ0) is 20.3. The summed E-state index contributed by atoms with van der Waals surface area (Å²) in [6, 6.07) is 17.6. The SMILES string of the molecule is COc1ccccc1-n1cc(CN2CCCC(N3CCc4ccccc4C3)C2)cn1. The van der Waals surface area contributed by atoms with Gasteiger partial charge in [-0.15, -0.1) is 0 Å². The number of methoxy groups -OCH3 is 1. The molecule has 0 aliphatic carbocycles. The van der Waals surface area contributed by atoms with Crippen molar-refractivity contribution in [1.29, 1.82) is 0 Å². The van der Waals surface area contributed by atoms with Crippen LogP contribution in [0.1, 0.15) is 29.5 Å². The van der Waals surface area contributed by atoms with Gasteiger partial charge in [0.1, 0.15) is 11.4 Å². The molecule has 1 aromatic heterocycles. The van der Waals surface area contributed by atoms with E-state index in [1.165, 1.54) is 49.0 Å². The van der Waals surface area contributed by atoms with Gasteiger partial charge in [-0.05, 0) is 49.1 Å². The number of likely N-dealkylation sites (tertiary alicyclic amines) is 1.